The average molecular weight is 269 g/mol. The Labute approximate surface area is 115 Å². The van der Waals surface area contributed by atoms with Gasteiger partial charge in [-0.3, -0.25) is 0 Å². The molecule has 0 aromatic heterocycles. The van der Waals surface area contributed by atoms with E-state index in [-0.39, 0.29) is 6.04 Å². The fourth-order valence-corrected chi connectivity index (χ4v) is 2.30. The second-order valence-corrected chi connectivity index (χ2v) is 5.13. The van der Waals surface area contributed by atoms with Crippen LogP contribution >= 0.6 is 0 Å². The van der Waals surface area contributed by atoms with Gasteiger partial charge in [0.25, 0.3) is 0 Å². The lowest BCUT2D eigenvalue weighted by atomic mass is 9.99. The van der Waals surface area contributed by atoms with Gasteiger partial charge in [0, 0.05) is 12.1 Å². The van der Waals surface area contributed by atoms with Gasteiger partial charge in [0.2, 0.25) is 0 Å². The first-order chi connectivity index (χ1) is 9.17. The third-order valence-corrected chi connectivity index (χ3v) is 3.55. The molecule has 1 unspecified atom stereocenters. The Balaban J connectivity index is 2.39. The van der Waals surface area contributed by atoms with Gasteiger partial charge in [-0.1, -0.05) is 45.1 Å². The van der Waals surface area contributed by atoms with Crippen molar-refractivity contribution in [1.82, 2.24) is 5.32 Å². The Morgan fingerprint density at radius 1 is 1.11 bits per heavy atom. The molecule has 0 aliphatic carbocycles. The van der Waals surface area contributed by atoms with Crippen LogP contribution in [0, 0.1) is 11.6 Å². The largest absolute Gasteiger partial charge is 0.317 e. The van der Waals surface area contributed by atoms with Crippen molar-refractivity contribution in [2.75, 3.05) is 7.05 Å². The Bertz CT molecular complexity index is 366. The summed E-state index contributed by atoms with van der Waals surface area (Å²) >= 11 is 0. The van der Waals surface area contributed by atoms with Crippen LogP contribution in [0.3, 0.4) is 0 Å². The van der Waals surface area contributed by atoms with Crippen LogP contribution in [0.5, 0.6) is 0 Å². The smallest absolute Gasteiger partial charge is 0.129 e. The number of nitrogens with one attached hydrogen (secondary N) is 1. The predicted octanol–water partition coefficient (Wildman–Crippen LogP) is 4.46. The quantitative estimate of drug-likeness (QED) is 0.653. The molecule has 1 atom stereocenters. The second-order valence-electron chi connectivity index (χ2n) is 5.13. The Morgan fingerprint density at radius 2 is 1.84 bits per heavy atom. The van der Waals surface area contributed by atoms with E-state index in [2.05, 4.69) is 12.2 Å². The van der Waals surface area contributed by atoms with E-state index in [0.29, 0.717) is 12.0 Å². The molecule has 108 valence electrons. The summed E-state index contributed by atoms with van der Waals surface area (Å²) in [4.78, 5) is 0. The molecule has 0 aliphatic rings. The summed E-state index contributed by atoms with van der Waals surface area (Å²) < 4.78 is 26.4. The molecule has 1 rings (SSSR count). The van der Waals surface area contributed by atoms with E-state index < -0.39 is 11.6 Å². The normalized spacial score (nSPS) is 12.6. The predicted molar refractivity (Wildman–Crippen MR) is 76.3 cm³/mol. The number of hydrogen-bond donors (Lipinski definition) is 1. The Hall–Kier alpha value is -0.960. The molecule has 0 radical (unpaired) electrons. The summed E-state index contributed by atoms with van der Waals surface area (Å²) in [6, 6.07) is 4.10. The van der Waals surface area contributed by atoms with Crippen LogP contribution in [0.2, 0.25) is 0 Å². The average Bonchev–Trinajstić information content (AvgIpc) is 2.39. The van der Waals surface area contributed by atoms with Gasteiger partial charge >= 0.3 is 0 Å². The molecule has 0 spiro atoms. The Morgan fingerprint density at radius 3 is 2.47 bits per heavy atom. The first-order valence-electron chi connectivity index (χ1n) is 7.28. The topological polar surface area (TPSA) is 12.0 Å². The summed E-state index contributed by atoms with van der Waals surface area (Å²) in [7, 11) is 1.90. The molecule has 0 aliphatic heterocycles. The van der Waals surface area contributed by atoms with Gasteiger partial charge in [0.05, 0.1) is 0 Å². The van der Waals surface area contributed by atoms with Gasteiger partial charge in [0.15, 0.2) is 0 Å². The van der Waals surface area contributed by atoms with Crippen LogP contribution in [0.1, 0.15) is 51.0 Å². The number of unbranched alkanes of at least 4 members (excludes halogenated alkanes) is 4. The molecule has 0 fully saturated rings. The van der Waals surface area contributed by atoms with Crippen molar-refractivity contribution >= 4 is 0 Å². The van der Waals surface area contributed by atoms with E-state index in [9.17, 15) is 8.78 Å². The van der Waals surface area contributed by atoms with Crippen LogP contribution in [0.25, 0.3) is 0 Å². The third kappa shape index (κ3) is 6.15. The minimum Gasteiger partial charge on any atom is -0.317 e. The highest BCUT2D eigenvalue weighted by atomic mass is 19.1. The molecule has 3 heteroatoms. The van der Waals surface area contributed by atoms with Crippen molar-refractivity contribution in [3.05, 3.63) is 35.4 Å². The van der Waals surface area contributed by atoms with Gasteiger partial charge in [-0.2, -0.15) is 0 Å². The number of likely N-dealkylation sites (N-methyl/N-ethyl adjacent to an activating group) is 1. The van der Waals surface area contributed by atoms with E-state index in [4.69, 9.17) is 0 Å². The van der Waals surface area contributed by atoms with E-state index in [0.717, 1.165) is 18.9 Å². The summed E-state index contributed by atoms with van der Waals surface area (Å²) in [6.07, 6.45) is 7.87. The van der Waals surface area contributed by atoms with Crippen LogP contribution in [0.15, 0.2) is 18.2 Å². The lowest BCUT2D eigenvalue weighted by Crippen LogP contribution is -2.27. The maximum absolute atomic E-state index is 13.6. The Kier molecular flexibility index (Phi) is 7.65. The highest BCUT2D eigenvalue weighted by Crippen LogP contribution is 2.15. The van der Waals surface area contributed by atoms with Crippen molar-refractivity contribution in [2.24, 2.45) is 0 Å². The molecule has 19 heavy (non-hydrogen) atoms. The van der Waals surface area contributed by atoms with Crippen molar-refractivity contribution in [2.45, 2.75) is 57.9 Å². The van der Waals surface area contributed by atoms with Gasteiger partial charge in [0.1, 0.15) is 11.6 Å². The number of hydrogen-bond acceptors (Lipinski definition) is 1. The van der Waals surface area contributed by atoms with Crippen molar-refractivity contribution in [3.63, 3.8) is 0 Å². The minimum absolute atomic E-state index is 0.265. The third-order valence-electron chi connectivity index (χ3n) is 3.55. The van der Waals surface area contributed by atoms with Crippen LogP contribution in [-0.2, 0) is 6.42 Å². The van der Waals surface area contributed by atoms with Gasteiger partial charge < -0.3 is 5.32 Å². The molecule has 1 nitrogen and oxygen atoms in total. The van der Waals surface area contributed by atoms with E-state index >= 15 is 0 Å². The first kappa shape index (κ1) is 16.1. The zero-order valence-electron chi connectivity index (χ0n) is 12.0. The molecule has 0 saturated carbocycles. The molecule has 0 bridgehead atoms. The molecule has 1 aromatic rings. The van der Waals surface area contributed by atoms with Crippen molar-refractivity contribution in [3.8, 4) is 0 Å². The fourth-order valence-electron chi connectivity index (χ4n) is 2.30. The molecule has 0 amide bonds. The van der Waals surface area contributed by atoms with E-state index in [1.54, 1.807) is 6.07 Å². The summed E-state index contributed by atoms with van der Waals surface area (Å²) in [5.41, 5.74) is 0.592. The molecule has 1 N–H and O–H groups in total. The van der Waals surface area contributed by atoms with Crippen molar-refractivity contribution in [1.29, 1.82) is 0 Å². The molecule has 0 heterocycles. The molecular weight excluding hydrogens is 244 g/mol. The molecule has 1 aromatic carbocycles. The van der Waals surface area contributed by atoms with E-state index in [1.807, 2.05) is 7.05 Å². The highest BCUT2D eigenvalue weighted by Gasteiger charge is 2.11. The zero-order valence-corrected chi connectivity index (χ0v) is 12.0. The molecular formula is C16H25F2N. The monoisotopic (exact) mass is 269 g/mol. The summed E-state index contributed by atoms with van der Waals surface area (Å²) in [6.45, 7) is 2.20. The highest BCUT2D eigenvalue weighted by molar-refractivity contribution is 5.19. The van der Waals surface area contributed by atoms with Gasteiger partial charge in [-0.05, 0) is 31.5 Å². The number of benzene rings is 1. The lowest BCUT2D eigenvalue weighted by molar-refractivity contribution is 0.471. The summed E-state index contributed by atoms with van der Waals surface area (Å²) in [5, 5.41) is 3.22. The van der Waals surface area contributed by atoms with Gasteiger partial charge in [-0.25, -0.2) is 8.78 Å². The van der Waals surface area contributed by atoms with E-state index in [1.165, 1.54) is 31.7 Å². The zero-order chi connectivity index (χ0) is 14.1. The second kappa shape index (κ2) is 9.03. The number of rotatable bonds is 9. The van der Waals surface area contributed by atoms with Crippen LogP contribution in [-0.4, -0.2) is 13.1 Å². The number of halogens is 2. The maximum Gasteiger partial charge on any atom is 0.129 e. The lowest BCUT2D eigenvalue weighted by Gasteiger charge is -2.16. The van der Waals surface area contributed by atoms with Gasteiger partial charge in [-0.15, -0.1) is 0 Å². The van der Waals surface area contributed by atoms with Crippen LogP contribution in [0.4, 0.5) is 8.78 Å². The minimum atomic E-state index is -0.512. The first-order valence-corrected chi connectivity index (χ1v) is 7.28. The van der Waals surface area contributed by atoms with Crippen LogP contribution < -0.4 is 5.32 Å². The SMILES string of the molecule is CCCCCCCC(Cc1ccc(F)cc1F)NC. The molecule has 0 saturated heterocycles. The van der Waals surface area contributed by atoms with Crippen molar-refractivity contribution < 1.29 is 8.78 Å². The fraction of sp³-hybridized carbons (Fsp3) is 0.625. The standard InChI is InChI=1S/C16H25F2N/c1-3-4-5-6-7-8-15(19-2)11-13-9-10-14(17)12-16(13)18/h9-10,12,15,19H,3-8,11H2,1-2H3. The maximum atomic E-state index is 13.6. The summed E-state index contributed by atoms with van der Waals surface area (Å²) in [5.74, 6) is -0.951.